The molecule has 2 heterocycles. The number of hydrogen-bond donors (Lipinski definition) is 0. The molecule has 0 aliphatic carbocycles. The van der Waals surface area contributed by atoms with E-state index in [0.717, 1.165) is 42.5 Å². The fourth-order valence-corrected chi connectivity index (χ4v) is 3.47. The number of nitrogens with zero attached hydrogens (tertiary/aromatic N) is 2. The van der Waals surface area contributed by atoms with E-state index in [-0.39, 0.29) is 12.0 Å². The summed E-state index contributed by atoms with van der Waals surface area (Å²) < 4.78 is 5.91. The van der Waals surface area contributed by atoms with Crippen molar-refractivity contribution in [2.45, 2.75) is 20.0 Å². The number of benzene rings is 1. The maximum absolute atomic E-state index is 12.4. The summed E-state index contributed by atoms with van der Waals surface area (Å²) in [7, 11) is 0. The van der Waals surface area contributed by atoms with Gasteiger partial charge < -0.3 is 14.5 Å². The molecule has 1 aromatic heterocycles. The van der Waals surface area contributed by atoms with Crippen LogP contribution in [0.3, 0.4) is 0 Å². The van der Waals surface area contributed by atoms with Gasteiger partial charge in [-0.2, -0.15) is 0 Å². The lowest BCUT2D eigenvalue weighted by atomic mass is 10.2. The van der Waals surface area contributed by atoms with E-state index in [2.05, 4.69) is 11.0 Å². The molecule has 0 saturated carbocycles. The van der Waals surface area contributed by atoms with Gasteiger partial charge in [0.2, 0.25) is 0 Å². The lowest BCUT2D eigenvalue weighted by Gasteiger charge is -2.36. The van der Waals surface area contributed by atoms with Crippen molar-refractivity contribution in [1.82, 2.24) is 4.90 Å². The second kappa shape index (κ2) is 7.04. The van der Waals surface area contributed by atoms with Gasteiger partial charge in [-0.15, -0.1) is 11.3 Å². The highest BCUT2D eigenvalue weighted by atomic mass is 32.1. The maximum Gasteiger partial charge on any atom is 0.264 e. The summed E-state index contributed by atoms with van der Waals surface area (Å²) in [5.74, 6) is 1.06. The molecule has 23 heavy (non-hydrogen) atoms. The van der Waals surface area contributed by atoms with Gasteiger partial charge in [0.1, 0.15) is 5.75 Å². The van der Waals surface area contributed by atoms with E-state index in [4.69, 9.17) is 4.74 Å². The fraction of sp³-hybridized carbons (Fsp3) is 0.389. The Morgan fingerprint density at radius 2 is 1.83 bits per heavy atom. The Balaban J connectivity index is 1.66. The third-order valence-corrected chi connectivity index (χ3v) is 4.73. The van der Waals surface area contributed by atoms with E-state index in [1.807, 2.05) is 54.5 Å². The molecule has 1 aliphatic heterocycles. The predicted octanol–water partition coefficient (Wildman–Crippen LogP) is 3.50. The van der Waals surface area contributed by atoms with Crippen LogP contribution < -0.4 is 9.64 Å². The normalized spacial score (nSPS) is 15.1. The first-order valence-electron chi connectivity index (χ1n) is 7.98. The van der Waals surface area contributed by atoms with Crippen LogP contribution in [0.2, 0.25) is 0 Å². The number of para-hydroxylation sites is 2. The molecule has 4 nitrogen and oxygen atoms in total. The van der Waals surface area contributed by atoms with Gasteiger partial charge in [0.25, 0.3) is 5.91 Å². The summed E-state index contributed by atoms with van der Waals surface area (Å²) in [5.41, 5.74) is 1.12. The molecule has 0 spiro atoms. The Labute approximate surface area is 141 Å². The lowest BCUT2D eigenvalue weighted by Crippen LogP contribution is -2.48. The topological polar surface area (TPSA) is 32.8 Å². The van der Waals surface area contributed by atoms with Gasteiger partial charge in [-0.3, -0.25) is 4.79 Å². The molecule has 1 aromatic carbocycles. The zero-order valence-corrected chi connectivity index (χ0v) is 14.4. The molecule has 0 radical (unpaired) electrons. The van der Waals surface area contributed by atoms with Crippen LogP contribution in [0.25, 0.3) is 0 Å². The standard InChI is InChI=1S/C18H22N2O2S/c1-14(2)22-16-7-4-3-6-15(16)19-9-11-20(12-10-19)18(21)17-8-5-13-23-17/h3-8,13-14H,9-12H2,1-2H3. The Morgan fingerprint density at radius 1 is 1.09 bits per heavy atom. The summed E-state index contributed by atoms with van der Waals surface area (Å²) in [6.07, 6.45) is 0.151. The molecule has 1 aliphatic rings. The minimum absolute atomic E-state index is 0.145. The highest BCUT2D eigenvalue weighted by Gasteiger charge is 2.24. The second-order valence-corrected chi connectivity index (χ2v) is 6.84. The average Bonchev–Trinajstić information content (AvgIpc) is 3.09. The van der Waals surface area contributed by atoms with Gasteiger partial charge in [-0.05, 0) is 37.4 Å². The molecule has 0 unspecified atom stereocenters. The number of rotatable bonds is 4. The lowest BCUT2D eigenvalue weighted by molar-refractivity contribution is 0.0751. The second-order valence-electron chi connectivity index (χ2n) is 5.89. The Kier molecular flexibility index (Phi) is 4.86. The zero-order chi connectivity index (χ0) is 16.2. The van der Waals surface area contributed by atoms with Crippen molar-refractivity contribution in [3.05, 3.63) is 46.7 Å². The van der Waals surface area contributed by atoms with Crippen LogP contribution in [-0.2, 0) is 0 Å². The maximum atomic E-state index is 12.4. The number of piperazine rings is 1. The average molecular weight is 330 g/mol. The summed E-state index contributed by atoms with van der Waals surface area (Å²) in [4.78, 5) is 17.5. The van der Waals surface area contributed by atoms with Crippen LogP contribution in [0.5, 0.6) is 5.75 Å². The number of carbonyl (C=O) groups is 1. The van der Waals surface area contributed by atoms with Crippen molar-refractivity contribution in [2.24, 2.45) is 0 Å². The van der Waals surface area contributed by atoms with Crippen molar-refractivity contribution in [3.63, 3.8) is 0 Å². The number of carbonyl (C=O) groups excluding carboxylic acids is 1. The number of anilines is 1. The SMILES string of the molecule is CC(C)Oc1ccccc1N1CCN(C(=O)c2cccs2)CC1. The number of ether oxygens (including phenoxy) is 1. The van der Waals surface area contributed by atoms with E-state index in [9.17, 15) is 4.79 Å². The van der Waals surface area contributed by atoms with E-state index in [1.165, 1.54) is 11.3 Å². The third-order valence-electron chi connectivity index (χ3n) is 3.87. The van der Waals surface area contributed by atoms with Crippen LogP contribution in [-0.4, -0.2) is 43.1 Å². The van der Waals surface area contributed by atoms with Gasteiger partial charge >= 0.3 is 0 Å². The molecule has 0 N–H and O–H groups in total. The van der Waals surface area contributed by atoms with Gasteiger partial charge in [0, 0.05) is 26.2 Å². The molecule has 1 amide bonds. The van der Waals surface area contributed by atoms with Crippen LogP contribution in [0, 0.1) is 0 Å². The van der Waals surface area contributed by atoms with E-state index >= 15 is 0 Å². The number of thiophene rings is 1. The first-order chi connectivity index (χ1) is 11.1. The van der Waals surface area contributed by atoms with Crippen LogP contribution in [0.1, 0.15) is 23.5 Å². The molecular formula is C18H22N2O2S. The Bertz CT molecular complexity index is 647. The first-order valence-corrected chi connectivity index (χ1v) is 8.86. The van der Waals surface area contributed by atoms with Crippen LogP contribution >= 0.6 is 11.3 Å². The highest BCUT2D eigenvalue weighted by Crippen LogP contribution is 2.30. The molecule has 1 saturated heterocycles. The van der Waals surface area contributed by atoms with E-state index in [0.29, 0.717) is 0 Å². The number of hydrogen-bond acceptors (Lipinski definition) is 4. The molecule has 122 valence electrons. The van der Waals surface area contributed by atoms with Crippen molar-refractivity contribution in [1.29, 1.82) is 0 Å². The van der Waals surface area contributed by atoms with Crippen molar-refractivity contribution in [2.75, 3.05) is 31.1 Å². The predicted molar refractivity (Wildman–Crippen MR) is 94.6 cm³/mol. The Hall–Kier alpha value is -2.01. The smallest absolute Gasteiger partial charge is 0.264 e. The summed E-state index contributed by atoms with van der Waals surface area (Å²) >= 11 is 1.51. The minimum atomic E-state index is 0.145. The van der Waals surface area contributed by atoms with Crippen molar-refractivity contribution in [3.8, 4) is 5.75 Å². The van der Waals surface area contributed by atoms with E-state index < -0.39 is 0 Å². The third kappa shape index (κ3) is 3.67. The minimum Gasteiger partial charge on any atom is -0.489 e. The fourth-order valence-electron chi connectivity index (χ4n) is 2.78. The quantitative estimate of drug-likeness (QED) is 0.860. The van der Waals surface area contributed by atoms with E-state index in [1.54, 1.807) is 0 Å². The van der Waals surface area contributed by atoms with Crippen molar-refractivity contribution >= 4 is 22.9 Å². The van der Waals surface area contributed by atoms with Crippen LogP contribution in [0.15, 0.2) is 41.8 Å². The van der Waals surface area contributed by atoms with Gasteiger partial charge in [0.05, 0.1) is 16.7 Å². The molecule has 0 atom stereocenters. The van der Waals surface area contributed by atoms with Gasteiger partial charge in [-0.1, -0.05) is 18.2 Å². The van der Waals surface area contributed by atoms with Gasteiger partial charge in [-0.25, -0.2) is 0 Å². The molecule has 2 aromatic rings. The largest absolute Gasteiger partial charge is 0.489 e. The zero-order valence-electron chi connectivity index (χ0n) is 13.6. The van der Waals surface area contributed by atoms with Crippen molar-refractivity contribution < 1.29 is 9.53 Å². The molecule has 5 heteroatoms. The van der Waals surface area contributed by atoms with Crippen LogP contribution in [0.4, 0.5) is 5.69 Å². The molecule has 1 fully saturated rings. The molecule has 3 rings (SSSR count). The number of amides is 1. The summed E-state index contributed by atoms with van der Waals surface area (Å²) in [6, 6.07) is 12.0. The Morgan fingerprint density at radius 3 is 2.48 bits per heavy atom. The molecular weight excluding hydrogens is 308 g/mol. The summed E-state index contributed by atoms with van der Waals surface area (Å²) in [5, 5.41) is 1.95. The monoisotopic (exact) mass is 330 g/mol. The highest BCUT2D eigenvalue weighted by molar-refractivity contribution is 7.12. The first kappa shape index (κ1) is 15.9. The summed E-state index contributed by atoms with van der Waals surface area (Å²) in [6.45, 7) is 7.22. The van der Waals surface area contributed by atoms with Gasteiger partial charge in [0.15, 0.2) is 0 Å². The molecule has 0 bridgehead atoms.